The fourth-order valence-electron chi connectivity index (χ4n) is 3.83. The lowest BCUT2D eigenvalue weighted by Crippen LogP contribution is -2.25. The maximum absolute atomic E-state index is 14.2. The van der Waals surface area contributed by atoms with Gasteiger partial charge in [0.25, 0.3) is 5.92 Å². The first-order chi connectivity index (χ1) is 16.4. The second-order valence-corrected chi connectivity index (χ2v) is 7.59. The molecule has 4 aromatic heterocycles. The molecule has 0 atom stereocenters. The van der Waals surface area contributed by atoms with Crippen molar-refractivity contribution in [1.29, 1.82) is 5.26 Å². The summed E-state index contributed by atoms with van der Waals surface area (Å²) in [5.74, 6) is -1.66. The molecular formula is C21H17F2N9O2. The Labute approximate surface area is 191 Å². The van der Waals surface area contributed by atoms with Crippen molar-refractivity contribution < 1.29 is 18.3 Å². The molecule has 0 aromatic carbocycles. The van der Waals surface area contributed by atoms with Gasteiger partial charge in [-0.3, -0.25) is 9.48 Å². The number of nitrogens with one attached hydrogen (secondary N) is 2. The van der Waals surface area contributed by atoms with E-state index >= 15 is 0 Å². The Morgan fingerprint density at radius 3 is 2.91 bits per heavy atom. The van der Waals surface area contributed by atoms with Crippen LogP contribution >= 0.6 is 0 Å². The Hall–Kier alpha value is -4.60. The Balaban J connectivity index is 1.49. The number of hydrogen-bond acceptors (Lipinski definition) is 8. The van der Waals surface area contributed by atoms with Crippen molar-refractivity contribution in [1.82, 2.24) is 29.3 Å². The molecule has 1 aliphatic heterocycles. The van der Waals surface area contributed by atoms with Crippen LogP contribution in [0.15, 0.2) is 30.6 Å². The summed E-state index contributed by atoms with van der Waals surface area (Å²) in [6.45, 7) is 0.412. The number of imidazole rings is 1. The molecule has 2 N–H and O–H groups in total. The third-order valence-electron chi connectivity index (χ3n) is 5.40. The van der Waals surface area contributed by atoms with E-state index in [9.17, 15) is 18.8 Å². The fourth-order valence-corrected chi connectivity index (χ4v) is 3.83. The van der Waals surface area contributed by atoms with Gasteiger partial charge in [-0.2, -0.15) is 24.1 Å². The molecule has 0 saturated heterocycles. The lowest BCUT2D eigenvalue weighted by atomic mass is 10.1. The summed E-state index contributed by atoms with van der Waals surface area (Å²) >= 11 is 0. The molecule has 34 heavy (non-hydrogen) atoms. The number of amides is 1. The van der Waals surface area contributed by atoms with Gasteiger partial charge in [0.2, 0.25) is 12.4 Å². The zero-order valence-electron chi connectivity index (χ0n) is 17.8. The maximum Gasteiger partial charge on any atom is 0.289 e. The molecule has 1 amide bonds. The number of alkyl halides is 2. The Morgan fingerprint density at radius 1 is 1.29 bits per heavy atom. The largest absolute Gasteiger partial charge is 0.454 e. The normalized spacial score (nSPS) is 14.3. The summed E-state index contributed by atoms with van der Waals surface area (Å²) in [5.41, 5.74) is 0.677. The molecule has 1 aliphatic rings. The van der Waals surface area contributed by atoms with E-state index in [1.165, 1.54) is 29.2 Å². The molecule has 0 unspecified atom stereocenters. The van der Waals surface area contributed by atoms with E-state index in [4.69, 9.17) is 4.74 Å². The third kappa shape index (κ3) is 3.64. The number of anilines is 3. The van der Waals surface area contributed by atoms with E-state index in [1.807, 2.05) is 0 Å². The van der Waals surface area contributed by atoms with E-state index in [1.54, 1.807) is 17.7 Å². The molecule has 13 heteroatoms. The van der Waals surface area contributed by atoms with Crippen LogP contribution < -0.4 is 15.4 Å². The highest BCUT2D eigenvalue weighted by molar-refractivity contribution is 5.84. The molecule has 5 heterocycles. The number of aryl methyl sites for hydroxylation is 2. The minimum atomic E-state index is -2.94. The van der Waals surface area contributed by atoms with Crippen LogP contribution in [0.4, 0.5) is 26.4 Å². The summed E-state index contributed by atoms with van der Waals surface area (Å²) in [6.07, 6.45) is 3.42. The van der Waals surface area contributed by atoms with Gasteiger partial charge in [0.1, 0.15) is 34.4 Å². The number of hydrogen-bond donors (Lipinski definition) is 2. The highest BCUT2D eigenvalue weighted by atomic mass is 19.3. The molecule has 0 bridgehead atoms. The smallest absolute Gasteiger partial charge is 0.289 e. The number of nitriles is 1. The number of carbonyl (C=O) groups excluding carboxylic acids is 1. The lowest BCUT2D eigenvalue weighted by molar-refractivity contribution is -0.105. The van der Waals surface area contributed by atoms with Gasteiger partial charge >= 0.3 is 0 Å². The molecule has 0 aliphatic carbocycles. The zero-order chi connectivity index (χ0) is 23.9. The van der Waals surface area contributed by atoms with Gasteiger partial charge in [-0.15, -0.1) is 0 Å². The molecule has 0 fully saturated rings. The molecule has 5 rings (SSSR count). The minimum absolute atomic E-state index is 0.146. The third-order valence-corrected chi connectivity index (χ3v) is 5.40. The summed E-state index contributed by atoms with van der Waals surface area (Å²) < 4.78 is 37.1. The van der Waals surface area contributed by atoms with Gasteiger partial charge in [0.05, 0.1) is 6.20 Å². The van der Waals surface area contributed by atoms with Crippen molar-refractivity contribution in [3.63, 3.8) is 0 Å². The van der Waals surface area contributed by atoms with Gasteiger partial charge in [0.15, 0.2) is 17.2 Å². The average molecular weight is 465 g/mol. The van der Waals surface area contributed by atoms with E-state index in [-0.39, 0.29) is 46.7 Å². The van der Waals surface area contributed by atoms with Crippen LogP contribution in [-0.4, -0.2) is 35.7 Å². The maximum atomic E-state index is 14.2. The van der Waals surface area contributed by atoms with Crippen LogP contribution in [0.1, 0.15) is 24.1 Å². The van der Waals surface area contributed by atoms with Crippen molar-refractivity contribution in [3.05, 3.63) is 41.9 Å². The van der Waals surface area contributed by atoms with E-state index in [2.05, 4.69) is 36.8 Å². The van der Waals surface area contributed by atoms with Crippen LogP contribution in [0.5, 0.6) is 11.5 Å². The molecule has 0 radical (unpaired) electrons. The zero-order valence-corrected chi connectivity index (χ0v) is 17.8. The first-order valence-corrected chi connectivity index (χ1v) is 10.2. The predicted octanol–water partition coefficient (Wildman–Crippen LogP) is 3.42. The minimum Gasteiger partial charge on any atom is -0.454 e. The molecule has 172 valence electrons. The topological polar surface area (TPSA) is 136 Å². The molecule has 0 spiro atoms. The van der Waals surface area contributed by atoms with Crippen LogP contribution in [-0.2, 0) is 24.3 Å². The number of pyridine rings is 2. The molecule has 0 saturated carbocycles. The number of ether oxygens (including phenoxy) is 1. The molecule has 11 nitrogen and oxygen atoms in total. The Kier molecular flexibility index (Phi) is 5.05. The molecule has 4 aromatic rings. The fraction of sp³-hybridized carbons (Fsp3) is 0.238. The summed E-state index contributed by atoms with van der Waals surface area (Å²) in [7, 11) is 1.66. The van der Waals surface area contributed by atoms with E-state index in [0.29, 0.717) is 30.6 Å². The van der Waals surface area contributed by atoms with Gasteiger partial charge in [-0.05, 0) is 12.5 Å². The van der Waals surface area contributed by atoms with E-state index in [0.717, 1.165) is 0 Å². The number of rotatable bonds is 6. The highest BCUT2D eigenvalue weighted by Gasteiger charge is 2.38. The van der Waals surface area contributed by atoms with Crippen molar-refractivity contribution >= 4 is 35.2 Å². The van der Waals surface area contributed by atoms with E-state index < -0.39 is 5.92 Å². The highest BCUT2D eigenvalue weighted by Crippen LogP contribution is 2.38. The lowest BCUT2D eigenvalue weighted by Gasteiger charge is -2.22. The van der Waals surface area contributed by atoms with Crippen molar-refractivity contribution in [2.45, 2.75) is 25.3 Å². The summed E-state index contributed by atoms with van der Waals surface area (Å²) in [6, 6.07) is 6.47. The van der Waals surface area contributed by atoms with Crippen molar-refractivity contribution in [3.8, 4) is 17.6 Å². The second-order valence-electron chi connectivity index (χ2n) is 7.59. The van der Waals surface area contributed by atoms with Crippen molar-refractivity contribution in [2.75, 3.05) is 10.6 Å². The van der Waals surface area contributed by atoms with Crippen LogP contribution in [0, 0.1) is 11.3 Å². The van der Waals surface area contributed by atoms with Crippen LogP contribution in [0.3, 0.4) is 0 Å². The predicted molar refractivity (Wildman–Crippen MR) is 116 cm³/mol. The Morgan fingerprint density at radius 2 is 2.15 bits per heavy atom. The SMILES string of the molecule is Cn1c(Nc2cc3n(n2)CCCC3(F)F)nc2ncc(Oc3ccnc(NC=O)c3)c(C#N)c21. The quantitative estimate of drug-likeness (QED) is 0.414. The number of halogens is 2. The van der Waals surface area contributed by atoms with Gasteiger partial charge in [-0.25, -0.2) is 9.97 Å². The standard InChI is InChI=1S/C21H17F2N9O2/c1-31-18-13(9-24)14(34-12-3-5-25-16(7-12)27-11-33)10-26-19(18)29-20(31)28-17-8-15-21(22,23)4-2-6-32(15)30-17/h3,5,7-8,10-11H,2,4,6H2,1H3,(H,25,27,33)(H,26,28,29,30). The summed E-state index contributed by atoms with van der Waals surface area (Å²) in [5, 5.41) is 19.4. The molecular weight excluding hydrogens is 448 g/mol. The number of nitrogens with zero attached hydrogens (tertiary/aromatic N) is 7. The number of aromatic nitrogens is 6. The number of fused-ring (bicyclic) bond motifs is 2. The Bertz CT molecular complexity index is 1450. The number of carbonyl (C=O) groups is 1. The first-order valence-electron chi connectivity index (χ1n) is 10.2. The van der Waals surface area contributed by atoms with Crippen LogP contribution in [0.2, 0.25) is 0 Å². The van der Waals surface area contributed by atoms with Gasteiger partial charge in [-0.1, -0.05) is 0 Å². The summed E-state index contributed by atoms with van der Waals surface area (Å²) in [4.78, 5) is 23.3. The van der Waals surface area contributed by atoms with Gasteiger partial charge < -0.3 is 19.9 Å². The first kappa shape index (κ1) is 21.3. The van der Waals surface area contributed by atoms with Crippen molar-refractivity contribution in [2.24, 2.45) is 7.05 Å². The van der Waals surface area contributed by atoms with Gasteiger partial charge in [0, 0.05) is 38.3 Å². The monoisotopic (exact) mass is 465 g/mol. The van der Waals surface area contributed by atoms with Crippen LogP contribution in [0.25, 0.3) is 11.2 Å². The second kappa shape index (κ2) is 8.07. The average Bonchev–Trinajstić information content (AvgIpc) is 3.36.